The van der Waals surface area contributed by atoms with Crippen molar-refractivity contribution in [1.29, 1.82) is 0 Å². The van der Waals surface area contributed by atoms with Crippen molar-refractivity contribution in [2.45, 2.75) is 4.90 Å². The minimum absolute atomic E-state index is 0.180. The van der Waals surface area contributed by atoms with Crippen molar-refractivity contribution in [3.05, 3.63) is 48.9 Å². The molecule has 20 heavy (non-hydrogen) atoms. The number of para-hydroxylation sites is 1. The average Bonchev–Trinajstić information content (AvgIpc) is 2.86. The maximum Gasteiger partial charge on any atom is 0.265 e. The Labute approximate surface area is 114 Å². The number of phenolic OH excluding ortho intramolecular Hbond substituents is 1. The number of aromatic hydroxyl groups is 1. The molecule has 2 aromatic carbocycles. The lowest BCUT2D eigenvalue weighted by Crippen LogP contribution is -2.12. The van der Waals surface area contributed by atoms with Crippen LogP contribution in [-0.4, -0.2) is 18.5 Å². The lowest BCUT2D eigenvalue weighted by molar-refractivity contribution is 0.459. The first-order valence-corrected chi connectivity index (χ1v) is 7.19. The fourth-order valence-corrected chi connectivity index (χ4v) is 2.96. The number of nitrogens with zero attached hydrogens (tertiary/aromatic N) is 1. The lowest BCUT2D eigenvalue weighted by atomic mass is 10.3. The van der Waals surface area contributed by atoms with E-state index in [2.05, 4.69) is 9.71 Å². The standard InChI is InChI=1S/C13H10N2O4S/c16-11-3-1-2-4-13(11)20(17,18)15-9-5-6-12-10(7-9)14-8-19-12/h1-8,15-16H. The average molecular weight is 290 g/mol. The second kappa shape index (κ2) is 4.53. The van der Waals surface area contributed by atoms with Crippen molar-refractivity contribution in [1.82, 2.24) is 4.98 Å². The zero-order valence-electron chi connectivity index (χ0n) is 10.1. The third-order valence-corrected chi connectivity index (χ3v) is 4.17. The highest BCUT2D eigenvalue weighted by Gasteiger charge is 2.18. The predicted octanol–water partition coefficient (Wildman–Crippen LogP) is 2.33. The second-order valence-electron chi connectivity index (χ2n) is 4.11. The Morgan fingerprint density at radius 3 is 2.75 bits per heavy atom. The molecule has 3 rings (SSSR count). The maximum atomic E-state index is 12.2. The summed E-state index contributed by atoms with van der Waals surface area (Å²) >= 11 is 0. The van der Waals surface area contributed by atoms with Gasteiger partial charge in [-0.15, -0.1) is 0 Å². The third-order valence-electron chi connectivity index (χ3n) is 2.74. The molecular formula is C13H10N2O4S. The minimum atomic E-state index is -3.85. The predicted molar refractivity (Wildman–Crippen MR) is 72.9 cm³/mol. The van der Waals surface area contributed by atoms with Crippen LogP contribution in [0, 0.1) is 0 Å². The summed E-state index contributed by atoms with van der Waals surface area (Å²) in [5.41, 5.74) is 1.45. The van der Waals surface area contributed by atoms with Gasteiger partial charge in [0, 0.05) is 0 Å². The van der Waals surface area contributed by atoms with E-state index in [4.69, 9.17) is 4.42 Å². The van der Waals surface area contributed by atoms with Crippen LogP contribution < -0.4 is 4.72 Å². The number of anilines is 1. The molecule has 6 nitrogen and oxygen atoms in total. The molecule has 0 atom stereocenters. The zero-order valence-corrected chi connectivity index (χ0v) is 11.0. The Morgan fingerprint density at radius 1 is 1.15 bits per heavy atom. The number of nitrogens with one attached hydrogen (secondary N) is 1. The molecule has 0 aliphatic carbocycles. The van der Waals surface area contributed by atoms with Gasteiger partial charge in [-0.3, -0.25) is 4.72 Å². The molecule has 102 valence electrons. The third kappa shape index (κ3) is 2.19. The number of hydrogen-bond donors (Lipinski definition) is 2. The van der Waals surface area contributed by atoms with Gasteiger partial charge in [-0.1, -0.05) is 12.1 Å². The van der Waals surface area contributed by atoms with E-state index >= 15 is 0 Å². The first kappa shape index (κ1) is 12.5. The molecule has 1 aromatic heterocycles. The Bertz CT molecular complexity index is 871. The number of benzene rings is 2. The van der Waals surface area contributed by atoms with Crippen LogP contribution in [-0.2, 0) is 10.0 Å². The molecule has 0 saturated carbocycles. The molecule has 0 unspecified atom stereocenters. The van der Waals surface area contributed by atoms with Crippen LogP contribution in [0.3, 0.4) is 0 Å². The van der Waals surface area contributed by atoms with E-state index in [9.17, 15) is 13.5 Å². The van der Waals surface area contributed by atoms with Crippen molar-refractivity contribution in [2.75, 3.05) is 4.72 Å². The first-order chi connectivity index (χ1) is 9.56. The molecule has 3 aromatic rings. The summed E-state index contributed by atoms with van der Waals surface area (Å²) in [6.45, 7) is 0. The van der Waals surface area contributed by atoms with Gasteiger partial charge < -0.3 is 9.52 Å². The number of phenols is 1. The monoisotopic (exact) mass is 290 g/mol. The molecule has 0 bridgehead atoms. The van der Waals surface area contributed by atoms with Crippen LogP contribution in [0.1, 0.15) is 0 Å². The minimum Gasteiger partial charge on any atom is -0.507 e. The summed E-state index contributed by atoms with van der Waals surface area (Å²) in [5, 5.41) is 9.62. The van der Waals surface area contributed by atoms with Crippen molar-refractivity contribution in [3.8, 4) is 5.75 Å². The Kier molecular flexibility index (Phi) is 2.83. The Morgan fingerprint density at radius 2 is 1.95 bits per heavy atom. The van der Waals surface area contributed by atoms with Gasteiger partial charge in [-0.05, 0) is 30.3 Å². The summed E-state index contributed by atoms with van der Waals surface area (Å²) < 4.78 is 31.8. The van der Waals surface area contributed by atoms with Crippen molar-refractivity contribution < 1.29 is 17.9 Å². The first-order valence-electron chi connectivity index (χ1n) is 5.70. The van der Waals surface area contributed by atoms with E-state index in [0.29, 0.717) is 16.8 Å². The fraction of sp³-hybridized carbons (Fsp3) is 0. The molecule has 2 N–H and O–H groups in total. The van der Waals surface area contributed by atoms with Gasteiger partial charge in [0.25, 0.3) is 10.0 Å². The smallest absolute Gasteiger partial charge is 0.265 e. The van der Waals surface area contributed by atoms with Gasteiger partial charge in [-0.25, -0.2) is 13.4 Å². The van der Waals surface area contributed by atoms with Crippen LogP contribution in [0.25, 0.3) is 11.1 Å². The van der Waals surface area contributed by atoms with E-state index in [1.54, 1.807) is 24.3 Å². The lowest BCUT2D eigenvalue weighted by Gasteiger charge is -2.09. The number of hydrogen-bond acceptors (Lipinski definition) is 5. The highest BCUT2D eigenvalue weighted by molar-refractivity contribution is 7.92. The second-order valence-corrected chi connectivity index (χ2v) is 5.76. The number of sulfonamides is 1. The molecule has 1 heterocycles. The zero-order chi connectivity index (χ0) is 14.2. The quantitative estimate of drug-likeness (QED) is 0.772. The molecular weight excluding hydrogens is 280 g/mol. The summed E-state index contributed by atoms with van der Waals surface area (Å²) in [4.78, 5) is 3.77. The SMILES string of the molecule is O=S(=O)(Nc1ccc2ocnc2c1)c1ccccc1O. The van der Waals surface area contributed by atoms with Crippen LogP contribution in [0.15, 0.2) is 58.2 Å². The van der Waals surface area contributed by atoms with E-state index < -0.39 is 10.0 Å². The van der Waals surface area contributed by atoms with Gasteiger partial charge >= 0.3 is 0 Å². The maximum absolute atomic E-state index is 12.2. The molecule has 0 aliphatic heterocycles. The summed E-state index contributed by atoms with van der Waals surface area (Å²) in [6, 6.07) is 10.5. The molecule has 0 spiro atoms. The van der Waals surface area contributed by atoms with Crippen molar-refractivity contribution >= 4 is 26.8 Å². The van der Waals surface area contributed by atoms with Gasteiger partial charge in [0.1, 0.15) is 16.2 Å². The number of fused-ring (bicyclic) bond motifs is 1. The molecule has 0 fully saturated rings. The van der Waals surface area contributed by atoms with Crippen LogP contribution in [0.4, 0.5) is 5.69 Å². The summed E-state index contributed by atoms with van der Waals surface area (Å²) in [5.74, 6) is -0.303. The normalized spacial score (nSPS) is 11.6. The summed E-state index contributed by atoms with van der Waals surface area (Å²) in [6.07, 6.45) is 1.28. The van der Waals surface area contributed by atoms with Gasteiger partial charge in [0.05, 0.1) is 5.69 Å². The van der Waals surface area contributed by atoms with E-state index in [1.807, 2.05) is 0 Å². The van der Waals surface area contributed by atoms with Crippen LogP contribution in [0.2, 0.25) is 0 Å². The van der Waals surface area contributed by atoms with Crippen molar-refractivity contribution in [3.63, 3.8) is 0 Å². The van der Waals surface area contributed by atoms with Gasteiger partial charge in [0.2, 0.25) is 0 Å². The molecule has 0 radical (unpaired) electrons. The molecule has 0 amide bonds. The summed E-state index contributed by atoms with van der Waals surface area (Å²) in [7, 11) is -3.85. The van der Waals surface area contributed by atoms with Gasteiger partial charge in [0.15, 0.2) is 12.0 Å². The van der Waals surface area contributed by atoms with Crippen molar-refractivity contribution in [2.24, 2.45) is 0 Å². The Hall–Kier alpha value is -2.54. The van der Waals surface area contributed by atoms with Gasteiger partial charge in [-0.2, -0.15) is 0 Å². The fourth-order valence-electron chi connectivity index (χ4n) is 1.82. The Balaban J connectivity index is 1.99. The molecule has 7 heteroatoms. The highest BCUT2D eigenvalue weighted by Crippen LogP contribution is 2.25. The molecule has 0 saturated heterocycles. The van der Waals surface area contributed by atoms with E-state index in [1.165, 1.54) is 24.6 Å². The largest absolute Gasteiger partial charge is 0.507 e. The molecule has 0 aliphatic rings. The number of oxazole rings is 1. The van der Waals surface area contributed by atoms with E-state index in [0.717, 1.165) is 0 Å². The van der Waals surface area contributed by atoms with Crippen LogP contribution >= 0.6 is 0 Å². The topological polar surface area (TPSA) is 92.4 Å². The van der Waals surface area contributed by atoms with Crippen LogP contribution in [0.5, 0.6) is 5.75 Å². The number of aromatic nitrogens is 1. The highest BCUT2D eigenvalue weighted by atomic mass is 32.2. The number of rotatable bonds is 3. The van der Waals surface area contributed by atoms with E-state index in [-0.39, 0.29) is 10.6 Å².